The van der Waals surface area contributed by atoms with Crippen LogP contribution in [0.3, 0.4) is 0 Å². The van der Waals surface area contributed by atoms with Gasteiger partial charge >= 0.3 is 5.97 Å². The van der Waals surface area contributed by atoms with E-state index in [0.29, 0.717) is 6.61 Å². The summed E-state index contributed by atoms with van der Waals surface area (Å²) in [5, 5.41) is 11.8. The third-order valence-electron chi connectivity index (χ3n) is 2.60. The minimum atomic E-state index is -0.835. The Kier molecular flexibility index (Phi) is 3.00. The van der Waals surface area contributed by atoms with E-state index in [1.807, 2.05) is 0 Å². The Morgan fingerprint density at radius 3 is 3.07 bits per heavy atom. The van der Waals surface area contributed by atoms with Gasteiger partial charge in [0.05, 0.1) is 25.2 Å². The summed E-state index contributed by atoms with van der Waals surface area (Å²) in [6.07, 6.45) is 1.69. The molecule has 0 aromatic heterocycles. The Bertz CT molecular complexity index is 215. The van der Waals surface area contributed by atoms with E-state index < -0.39 is 5.97 Å². The zero-order chi connectivity index (χ0) is 9.97. The normalized spacial score (nSPS) is 37.6. The number of carbonyl (C=O) groups is 1. The number of rotatable bonds is 3. The molecule has 5 nitrogen and oxygen atoms in total. The van der Waals surface area contributed by atoms with Gasteiger partial charge in [-0.15, -0.1) is 0 Å². The second-order valence-electron chi connectivity index (χ2n) is 3.76. The van der Waals surface area contributed by atoms with Crippen LogP contribution in [0.2, 0.25) is 0 Å². The number of hydrogen-bond acceptors (Lipinski definition) is 4. The summed E-state index contributed by atoms with van der Waals surface area (Å²) >= 11 is 0. The van der Waals surface area contributed by atoms with Crippen LogP contribution < -0.4 is 5.32 Å². The fourth-order valence-electron chi connectivity index (χ4n) is 1.93. The molecule has 2 aliphatic rings. The SMILES string of the molecule is O=C(O)CC1COC(C2CCCN2)O1. The molecular weight excluding hydrogens is 186 g/mol. The van der Waals surface area contributed by atoms with Crippen LogP contribution in [0.5, 0.6) is 0 Å². The highest BCUT2D eigenvalue weighted by molar-refractivity contribution is 5.67. The fourth-order valence-corrected chi connectivity index (χ4v) is 1.93. The van der Waals surface area contributed by atoms with Gasteiger partial charge in [-0.2, -0.15) is 0 Å². The van der Waals surface area contributed by atoms with Crippen molar-refractivity contribution in [3.8, 4) is 0 Å². The maximum absolute atomic E-state index is 10.4. The van der Waals surface area contributed by atoms with Gasteiger partial charge in [0.15, 0.2) is 6.29 Å². The average Bonchev–Trinajstić information content (AvgIpc) is 2.69. The van der Waals surface area contributed by atoms with Gasteiger partial charge in [-0.1, -0.05) is 0 Å². The molecule has 0 aromatic rings. The highest BCUT2D eigenvalue weighted by Gasteiger charge is 2.34. The molecule has 2 fully saturated rings. The van der Waals surface area contributed by atoms with Gasteiger partial charge in [0.2, 0.25) is 0 Å². The lowest BCUT2D eigenvalue weighted by Crippen LogP contribution is -2.35. The van der Waals surface area contributed by atoms with Gasteiger partial charge in [0.1, 0.15) is 0 Å². The predicted octanol–water partition coefficient (Wildman–Crippen LogP) is -0.0454. The topological polar surface area (TPSA) is 67.8 Å². The first-order valence-corrected chi connectivity index (χ1v) is 4.98. The van der Waals surface area contributed by atoms with Crippen LogP contribution in [0.25, 0.3) is 0 Å². The van der Waals surface area contributed by atoms with E-state index in [1.54, 1.807) is 0 Å². The molecule has 3 unspecified atom stereocenters. The molecule has 0 saturated carbocycles. The Balaban J connectivity index is 1.78. The Morgan fingerprint density at radius 2 is 2.43 bits per heavy atom. The molecule has 2 saturated heterocycles. The van der Waals surface area contributed by atoms with E-state index in [0.717, 1.165) is 19.4 Å². The second-order valence-corrected chi connectivity index (χ2v) is 3.76. The number of carboxylic acids is 1. The smallest absolute Gasteiger partial charge is 0.306 e. The molecule has 80 valence electrons. The first-order valence-electron chi connectivity index (χ1n) is 4.98. The summed E-state index contributed by atoms with van der Waals surface area (Å²) in [4.78, 5) is 10.4. The van der Waals surface area contributed by atoms with Crippen molar-refractivity contribution in [2.24, 2.45) is 0 Å². The van der Waals surface area contributed by atoms with Gasteiger partial charge in [-0.05, 0) is 19.4 Å². The third-order valence-corrected chi connectivity index (χ3v) is 2.60. The van der Waals surface area contributed by atoms with Crippen LogP contribution in [-0.4, -0.2) is 42.7 Å². The first kappa shape index (κ1) is 9.89. The highest BCUT2D eigenvalue weighted by Crippen LogP contribution is 2.21. The zero-order valence-corrected chi connectivity index (χ0v) is 7.94. The molecule has 14 heavy (non-hydrogen) atoms. The molecule has 0 bridgehead atoms. The van der Waals surface area contributed by atoms with Crippen molar-refractivity contribution in [3.05, 3.63) is 0 Å². The maximum atomic E-state index is 10.4. The lowest BCUT2D eigenvalue weighted by Gasteiger charge is -2.17. The molecule has 0 spiro atoms. The van der Waals surface area contributed by atoms with Crippen molar-refractivity contribution >= 4 is 5.97 Å². The molecule has 0 aliphatic carbocycles. The summed E-state index contributed by atoms with van der Waals surface area (Å²) in [5.41, 5.74) is 0. The van der Waals surface area contributed by atoms with Crippen LogP contribution in [-0.2, 0) is 14.3 Å². The molecule has 2 N–H and O–H groups in total. The summed E-state index contributed by atoms with van der Waals surface area (Å²) < 4.78 is 10.9. The maximum Gasteiger partial charge on any atom is 0.306 e. The fraction of sp³-hybridized carbons (Fsp3) is 0.889. The van der Waals surface area contributed by atoms with E-state index in [9.17, 15) is 4.79 Å². The molecule has 0 radical (unpaired) electrons. The van der Waals surface area contributed by atoms with E-state index in [-0.39, 0.29) is 24.9 Å². The molecule has 0 amide bonds. The van der Waals surface area contributed by atoms with E-state index in [2.05, 4.69) is 5.32 Å². The van der Waals surface area contributed by atoms with E-state index >= 15 is 0 Å². The van der Waals surface area contributed by atoms with Crippen LogP contribution >= 0.6 is 0 Å². The van der Waals surface area contributed by atoms with Crippen molar-refractivity contribution in [1.29, 1.82) is 0 Å². The minimum Gasteiger partial charge on any atom is -0.481 e. The Morgan fingerprint density at radius 1 is 1.57 bits per heavy atom. The van der Waals surface area contributed by atoms with E-state index in [1.165, 1.54) is 0 Å². The van der Waals surface area contributed by atoms with Crippen molar-refractivity contribution < 1.29 is 19.4 Å². The number of hydrogen-bond donors (Lipinski definition) is 2. The third kappa shape index (κ3) is 2.23. The van der Waals surface area contributed by atoms with Gasteiger partial charge < -0.3 is 19.9 Å². The molecule has 5 heteroatoms. The van der Waals surface area contributed by atoms with Gasteiger partial charge in [0.25, 0.3) is 0 Å². The van der Waals surface area contributed by atoms with Crippen LogP contribution in [0.1, 0.15) is 19.3 Å². The van der Waals surface area contributed by atoms with Gasteiger partial charge in [0, 0.05) is 0 Å². The Hall–Kier alpha value is -0.650. The molecule has 0 aromatic carbocycles. The predicted molar refractivity (Wildman–Crippen MR) is 47.9 cm³/mol. The summed E-state index contributed by atoms with van der Waals surface area (Å²) in [7, 11) is 0. The van der Waals surface area contributed by atoms with Crippen molar-refractivity contribution in [2.75, 3.05) is 13.2 Å². The standard InChI is InChI=1S/C9H15NO4/c11-8(12)4-6-5-13-9(14-6)7-2-1-3-10-7/h6-7,9-10H,1-5H2,(H,11,12). The van der Waals surface area contributed by atoms with Gasteiger partial charge in [-0.3, -0.25) is 4.79 Å². The molecule has 2 aliphatic heterocycles. The van der Waals surface area contributed by atoms with Crippen molar-refractivity contribution in [1.82, 2.24) is 5.32 Å². The average molecular weight is 201 g/mol. The monoisotopic (exact) mass is 201 g/mol. The van der Waals surface area contributed by atoms with Crippen LogP contribution in [0.15, 0.2) is 0 Å². The highest BCUT2D eigenvalue weighted by atomic mass is 16.7. The molecular formula is C9H15NO4. The summed E-state index contributed by atoms with van der Waals surface area (Å²) in [6, 6.07) is 0.244. The summed E-state index contributed by atoms with van der Waals surface area (Å²) in [5.74, 6) is -0.835. The number of aliphatic carboxylic acids is 1. The molecule has 2 heterocycles. The number of carboxylic acid groups (broad SMARTS) is 1. The lowest BCUT2D eigenvalue weighted by molar-refractivity contribution is -0.140. The Labute approximate surface area is 82.4 Å². The quantitative estimate of drug-likeness (QED) is 0.670. The molecule has 2 rings (SSSR count). The number of nitrogens with one attached hydrogen (secondary N) is 1. The zero-order valence-electron chi connectivity index (χ0n) is 7.94. The lowest BCUT2D eigenvalue weighted by atomic mass is 10.2. The number of ether oxygens (including phenoxy) is 2. The second kappa shape index (κ2) is 4.25. The first-order chi connectivity index (χ1) is 6.75. The van der Waals surface area contributed by atoms with E-state index in [4.69, 9.17) is 14.6 Å². The molecule has 3 atom stereocenters. The van der Waals surface area contributed by atoms with Crippen LogP contribution in [0.4, 0.5) is 0 Å². The van der Waals surface area contributed by atoms with Crippen molar-refractivity contribution in [2.45, 2.75) is 37.7 Å². The van der Waals surface area contributed by atoms with Crippen molar-refractivity contribution in [3.63, 3.8) is 0 Å². The van der Waals surface area contributed by atoms with Gasteiger partial charge in [-0.25, -0.2) is 0 Å². The summed E-state index contributed by atoms with van der Waals surface area (Å²) in [6.45, 7) is 1.40. The van der Waals surface area contributed by atoms with Crippen LogP contribution in [0, 0.1) is 0 Å². The largest absolute Gasteiger partial charge is 0.481 e. The minimum absolute atomic E-state index is 0.0310.